The lowest BCUT2D eigenvalue weighted by Crippen LogP contribution is -2.42. The predicted molar refractivity (Wildman–Crippen MR) is 66.1 cm³/mol. The van der Waals surface area contributed by atoms with E-state index < -0.39 is 29.4 Å². The van der Waals surface area contributed by atoms with E-state index in [1.807, 2.05) is 0 Å². The van der Waals surface area contributed by atoms with Crippen LogP contribution in [0, 0.1) is 23.4 Å². The third-order valence-electron chi connectivity index (χ3n) is 4.00. The molecular weight excluding hydrogens is 271 g/mol. The highest BCUT2D eigenvalue weighted by Crippen LogP contribution is 2.32. The van der Waals surface area contributed by atoms with Gasteiger partial charge in [-0.25, -0.2) is 18.6 Å². The van der Waals surface area contributed by atoms with Crippen molar-refractivity contribution in [1.82, 2.24) is 10.9 Å². The Hall–Kier alpha value is -1.60. The molecule has 1 amide bonds. The molecule has 1 aliphatic heterocycles. The second-order valence-corrected chi connectivity index (χ2v) is 5.18. The van der Waals surface area contributed by atoms with Crippen molar-refractivity contribution in [3.8, 4) is 0 Å². The van der Waals surface area contributed by atoms with Gasteiger partial charge in [0.1, 0.15) is 6.04 Å². The molecule has 1 aliphatic carbocycles. The zero-order chi connectivity index (χ0) is 14.3. The standard InChI is InChI=1S/C13H14F3N3O/c14-7-4-5-9(11(16)10(7)15)17-13(20)12-6-2-1-3-8(6)18-19-12/h4-6,8,12,18-19H,1-3H2,(H,17,20). The fourth-order valence-electron chi connectivity index (χ4n) is 2.96. The summed E-state index contributed by atoms with van der Waals surface area (Å²) in [6, 6.07) is 1.54. The molecule has 1 saturated heterocycles. The molecule has 1 heterocycles. The van der Waals surface area contributed by atoms with Gasteiger partial charge in [0, 0.05) is 12.0 Å². The summed E-state index contributed by atoms with van der Waals surface area (Å²) in [7, 11) is 0. The molecule has 0 bridgehead atoms. The van der Waals surface area contributed by atoms with Gasteiger partial charge >= 0.3 is 0 Å². The fraction of sp³-hybridized carbons (Fsp3) is 0.462. The number of fused-ring (bicyclic) bond motifs is 1. The molecule has 3 atom stereocenters. The normalized spacial score (nSPS) is 28.4. The van der Waals surface area contributed by atoms with E-state index >= 15 is 0 Å². The van der Waals surface area contributed by atoms with Crippen LogP contribution >= 0.6 is 0 Å². The summed E-state index contributed by atoms with van der Waals surface area (Å²) >= 11 is 0. The number of hydrazine groups is 1. The Morgan fingerprint density at radius 2 is 1.95 bits per heavy atom. The number of nitrogens with one attached hydrogen (secondary N) is 3. The van der Waals surface area contributed by atoms with Crippen molar-refractivity contribution in [2.24, 2.45) is 5.92 Å². The molecule has 1 aromatic carbocycles. The Morgan fingerprint density at radius 1 is 1.15 bits per heavy atom. The van der Waals surface area contributed by atoms with Crippen LogP contribution in [0.15, 0.2) is 12.1 Å². The molecule has 3 unspecified atom stereocenters. The van der Waals surface area contributed by atoms with Crippen LogP contribution in [0.3, 0.4) is 0 Å². The monoisotopic (exact) mass is 285 g/mol. The van der Waals surface area contributed by atoms with Crippen molar-refractivity contribution in [2.75, 3.05) is 5.32 Å². The first-order valence-corrected chi connectivity index (χ1v) is 6.53. The average molecular weight is 285 g/mol. The maximum atomic E-state index is 13.5. The number of amides is 1. The molecule has 1 saturated carbocycles. The summed E-state index contributed by atoms with van der Waals surface area (Å²) in [5, 5.41) is 2.31. The van der Waals surface area contributed by atoms with Gasteiger partial charge in [-0.15, -0.1) is 0 Å². The van der Waals surface area contributed by atoms with E-state index in [0.29, 0.717) is 0 Å². The van der Waals surface area contributed by atoms with E-state index in [4.69, 9.17) is 0 Å². The van der Waals surface area contributed by atoms with Crippen LogP contribution in [0.5, 0.6) is 0 Å². The minimum atomic E-state index is -1.58. The average Bonchev–Trinajstić information content (AvgIpc) is 3.01. The van der Waals surface area contributed by atoms with Crippen molar-refractivity contribution < 1.29 is 18.0 Å². The Bertz CT molecular complexity index is 552. The van der Waals surface area contributed by atoms with Crippen LogP contribution in [0.4, 0.5) is 18.9 Å². The summed E-state index contributed by atoms with van der Waals surface area (Å²) in [4.78, 5) is 12.1. The number of halogens is 3. The van der Waals surface area contributed by atoms with Gasteiger partial charge in [0.25, 0.3) is 0 Å². The van der Waals surface area contributed by atoms with E-state index in [2.05, 4.69) is 16.2 Å². The highest BCUT2D eigenvalue weighted by Gasteiger charge is 2.42. The first kappa shape index (κ1) is 13.4. The molecule has 20 heavy (non-hydrogen) atoms. The summed E-state index contributed by atoms with van der Waals surface area (Å²) in [6.45, 7) is 0. The van der Waals surface area contributed by atoms with Crippen molar-refractivity contribution in [3.63, 3.8) is 0 Å². The Morgan fingerprint density at radius 3 is 2.75 bits per heavy atom. The van der Waals surface area contributed by atoms with Gasteiger partial charge in [0.15, 0.2) is 17.5 Å². The van der Waals surface area contributed by atoms with Crippen molar-refractivity contribution in [1.29, 1.82) is 0 Å². The van der Waals surface area contributed by atoms with Gasteiger partial charge < -0.3 is 5.32 Å². The molecule has 108 valence electrons. The van der Waals surface area contributed by atoms with Crippen LogP contribution in [0.25, 0.3) is 0 Å². The molecule has 2 aliphatic rings. The van der Waals surface area contributed by atoms with Gasteiger partial charge in [-0.3, -0.25) is 10.2 Å². The van der Waals surface area contributed by atoms with Crippen molar-refractivity contribution in [3.05, 3.63) is 29.6 Å². The maximum Gasteiger partial charge on any atom is 0.243 e. The van der Waals surface area contributed by atoms with Gasteiger partial charge in [-0.1, -0.05) is 6.42 Å². The smallest absolute Gasteiger partial charge is 0.243 e. The Balaban J connectivity index is 1.75. The second kappa shape index (κ2) is 5.06. The van der Waals surface area contributed by atoms with E-state index in [1.165, 1.54) is 0 Å². The lowest BCUT2D eigenvalue weighted by Gasteiger charge is -2.16. The summed E-state index contributed by atoms with van der Waals surface area (Å²) in [5.41, 5.74) is 5.55. The van der Waals surface area contributed by atoms with Crippen molar-refractivity contribution in [2.45, 2.75) is 31.3 Å². The van der Waals surface area contributed by atoms with Crippen LogP contribution in [0.2, 0.25) is 0 Å². The van der Waals surface area contributed by atoms with Crippen LogP contribution in [0.1, 0.15) is 19.3 Å². The number of hydrogen-bond acceptors (Lipinski definition) is 3. The third kappa shape index (κ3) is 2.16. The molecule has 0 spiro atoms. The predicted octanol–water partition coefficient (Wildman–Crippen LogP) is 1.69. The van der Waals surface area contributed by atoms with Gasteiger partial charge in [0.05, 0.1) is 5.69 Å². The minimum Gasteiger partial charge on any atom is -0.322 e. The fourth-order valence-corrected chi connectivity index (χ4v) is 2.96. The minimum absolute atomic E-state index is 0.142. The SMILES string of the molecule is O=C(Nc1ccc(F)c(F)c1F)C1NNC2CCCC21. The third-order valence-corrected chi connectivity index (χ3v) is 4.00. The van der Waals surface area contributed by atoms with Crippen LogP contribution < -0.4 is 16.2 Å². The molecule has 3 rings (SSSR count). The molecule has 7 heteroatoms. The second-order valence-electron chi connectivity index (χ2n) is 5.18. The van der Waals surface area contributed by atoms with E-state index in [9.17, 15) is 18.0 Å². The summed E-state index contributed by atoms with van der Waals surface area (Å²) < 4.78 is 39.4. The Labute approximate surface area is 113 Å². The number of rotatable bonds is 2. The number of carbonyl (C=O) groups excluding carboxylic acids is 1. The molecule has 3 N–H and O–H groups in total. The summed E-state index contributed by atoms with van der Waals surface area (Å²) in [6.07, 6.45) is 2.93. The molecular formula is C13H14F3N3O. The number of carbonyl (C=O) groups is 1. The van der Waals surface area contributed by atoms with Crippen LogP contribution in [-0.4, -0.2) is 18.0 Å². The van der Waals surface area contributed by atoms with E-state index in [1.54, 1.807) is 0 Å². The van der Waals surface area contributed by atoms with Gasteiger partial charge in [0.2, 0.25) is 5.91 Å². The number of hydrogen-bond donors (Lipinski definition) is 3. The maximum absolute atomic E-state index is 13.5. The molecule has 1 aromatic rings. The quantitative estimate of drug-likeness (QED) is 0.725. The highest BCUT2D eigenvalue weighted by molar-refractivity contribution is 5.95. The van der Waals surface area contributed by atoms with Crippen molar-refractivity contribution >= 4 is 11.6 Å². The number of benzene rings is 1. The lowest BCUT2D eigenvalue weighted by molar-refractivity contribution is -0.118. The zero-order valence-corrected chi connectivity index (χ0v) is 10.6. The number of anilines is 1. The first-order chi connectivity index (χ1) is 9.58. The van der Waals surface area contributed by atoms with Gasteiger partial charge in [-0.05, 0) is 25.0 Å². The molecule has 0 radical (unpaired) electrons. The molecule has 0 aromatic heterocycles. The summed E-state index contributed by atoms with van der Waals surface area (Å²) in [5.74, 6) is -4.55. The molecule has 4 nitrogen and oxygen atoms in total. The molecule has 2 fully saturated rings. The van der Waals surface area contributed by atoms with E-state index in [0.717, 1.165) is 31.4 Å². The highest BCUT2D eigenvalue weighted by atomic mass is 19.2. The lowest BCUT2D eigenvalue weighted by atomic mass is 9.96. The largest absolute Gasteiger partial charge is 0.322 e. The van der Waals surface area contributed by atoms with E-state index in [-0.39, 0.29) is 17.6 Å². The first-order valence-electron chi connectivity index (χ1n) is 6.53. The topological polar surface area (TPSA) is 53.2 Å². The zero-order valence-electron chi connectivity index (χ0n) is 10.6. The van der Waals surface area contributed by atoms with Crippen LogP contribution in [-0.2, 0) is 4.79 Å². The van der Waals surface area contributed by atoms with Gasteiger partial charge in [-0.2, -0.15) is 0 Å². The Kier molecular flexibility index (Phi) is 3.39.